The third-order valence-corrected chi connectivity index (χ3v) is 6.68. The third kappa shape index (κ3) is 3.78. The molecule has 1 atom stereocenters. The fourth-order valence-corrected chi connectivity index (χ4v) is 5.22. The first-order chi connectivity index (χ1) is 12.6. The molecule has 0 bridgehead atoms. The van der Waals surface area contributed by atoms with Gasteiger partial charge in [0.2, 0.25) is 0 Å². The van der Waals surface area contributed by atoms with E-state index in [0.717, 1.165) is 54.0 Å². The third-order valence-electron chi connectivity index (χ3n) is 5.25. The van der Waals surface area contributed by atoms with Gasteiger partial charge in [0.1, 0.15) is 5.82 Å². The van der Waals surface area contributed by atoms with Gasteiger partial charge in [0, 0.05) is 53.6 Å². The molecule has 0 aromatic heterocycles. The normalized spacial score (nSPS) is 21.1. The van der Waals surface area contributed by atoms with Gasteiger partial charge in [-0.1, -0.05) is 29.4 Å². The van der Waals surface area contributed by atoms with Crippen molar-refractivity contribution in [2.75, 3.05) is 39.3 Å². The maximum absolute atomic E-state index is 13.9. The molecule has 0 amide bonds. The number of halogens is 2. The summed E-state index contributed by atoms with van der Waals surface area (Å²) in [5.74, 6) is -0.194. The minimum Gasteiger partial charge on any atom is -0.395 e. The first-order valence-electron chi connectivity index (χ1n) is 8.97. The second-order valence-electron chi connectivity index (χ2n) is 6.86. The van der Waals surface area contributed by atoms with E-state index in [1.165, 1.54) is 11.1 Å². The molecule has 26 heavy (non-hydrogen) atoms. The zero-order chi connectivity index (χ0) is 18.1. The predicted octanol–water partition coefficient (Wildman–Crippen LogP) is 3.84. The molecular formula is C20H22ClFN2OS. The van der Waals surface area contributed by atoms with Crippen molar-refractivity contribution in [2.24, 2.45) is 0 Å². The summed E-state index contributed by atoms with van der Waals surface area (Å²) in [5, 5.41) is 9.90. The number of hydrogen-bond donors (Lipinski definition) is 1. The zero-order valence-corrected chi connectivity index (χ0v) is 16.1. The zero-order valence-electron chi connectivity index (χ0n) is 14.5. The average Bonchev–Trinajstić information content (AvgIpc) is 2.78. The maximum atomic E-state index is 13.9. The van der Waals surface area contributed by atoms with Crippen molar-refractivity contribution in [2.45, 2.75) is 22.3 Å². The van der Waals surface area contributed by atoms with Crippen molar-refractivity contribution in [1.82, 2.24) is 9.80 Å². The summed E-state index contributed by atoms with van der Waals surface area (Å²) < 4.78 is 13.9. The highest BCUT2D eigenvalue weighted by molar-refractivity contribution is 7.99. The molecule has 0 spiro atoms. The second-order valence-corrected chi connectivity index (χ2v) is 8.38. The summed E-state index contributed by atoms with van der Waals surface area (Å²) in [6, 6.07) is 11.4. The van der Waals surface area contributed by atoms with Gasteiger partial charge in [0.15, 0.2) is 0 Å². The Bertz CT molecular complexity index is 795. The van der Waals surface area contributed by atoms with Crippen LogP contribution in [-0.4, -0.2) is 54.2 Å². The van der Waals surface area contributed by atoms with Gasteiger partial charge >= 0.3 is 0 Å². The highest BCUT2D eigenvalue weighted by Crippen LogP contribution is 2.43. The van der Waals surface area contributed by atoms with E-state index in [0.29, 0.717) is 0 Å². The van der Waals surface area contributed by atoms with Gasteiger partial charge < -0.3 is 5.11 Å². The number of fused-ring (bicyclic) bond motifs is 2. The molecule has 1 unspecified atom stereocenters. The molecule has 1 saturated heterocycles. The molecule has 0 saturated carbocycles. The van der Waals surface area contributed by atoms with Crippen molar-refractivity contribution in [1.29, 1.82) is 0 Å². The van der Waals surface area contributed by atoms with E-state index in [1.807, 2.05) is 24.3 Å². The minimum absolute atomic E-state index is 0.194. The quantitative estimate of drug-likeness (QED) is 0.858. The molecule has 2 aliphatic heterocycles. The van der Waals surface area contributed by atoms with Crippen LogP contribution in [0.1, 0.15) is 17.2 Å². The Morgan fingerprint density at radius 2 is 1.88 bits per heavy atom. The second kappa shape index (κ2) is 7.87. The molecular weight excluding hydrogens is 371 g/mol. The number of hydrogen-bond acceptors (Lipinski definition) is 4. The Balaban J connectivity index is 1.67. The number of aliphatic hydroxyl groups excluding tert-OH is 1. The summed E-state index contributed by atoms with van der Waals surface area (Å²) >= 11 is 7.87. The molecule has 4 rings (SSSR count). The molecule has 0 aliphatic carbocycles. The molecule has 138 valence electrons. The van der Waals surface area contributed by atoms with Crippen molar-refractivity contribution in [3.05, 3.63) is 58.4 Å². The molecule has 2 heterocycles. The number of aliphatic hydroxyl groups is 1. The van der Waals surface area contributed by atoms with Crippen molar-refractivity contribution < 1.29 is 9.50 Å². The van der Waals surface area contributed by atoms with Crippen LogP contribution in [-0.2, 0) is 6.42 Å². The van der Waals surface area contributed by atoms with E-state index in [9.17, 15) is 4.39 Å². The highest BCUT2D eigenvalue weighted by Gasteiger charge is 2.30. The lowest BCUT2D eigenvalue weighted by molar-refractivity contribution is 0.0823. The smallest absolute Gasteiger partial charge is 0.124 e. The molecule has 0 radical (unpaired) electrons. The number of benzene rings is 2. The lowest BCUT2D eigenvalue weighted by Gasteiger charge is -2.39. The van der Waals surface area contributed by atoms with Crippen LogP contribution in [0.5, 0.6) is 0 Å². The number of β-amino-alcohol motifs (C(OH)–C–C–N with tert-alkyl or cyclic N) is 1. The number of rotatable bonds is 3. The van der Waals surface area contributed by atoms with Crippen LogP contribution in [0.4, 0.5) is 4.39 Å². The van der Waals surface area contributed by atoms with Gasteiger partial charge in [-0.3, -0.25) is 9.80 Å². The van der Waals surface area contributed by atoms with Gasteiger partial charge in [-0.2, -0.15) is 0 Å². The fourth-order valence-electron chi connectivity index (χ4n) is 3.88. The fraction of sp³-hybridized carbons (Fsp3) is 0.400. The minimum atomic E-state index is -0.194. The van der Waals surface area contributed by atoms with E-state index < -0.39 is 0 Å². The number of piperazine rings is 1. The van der Waals surface area contributed by atoms with E-state index in [4.69, 9.17) is 16.7 Å². The van der Waals surface area contributed by atoms with Gasteiger partial charge in [-0.05, 0) is 47.9 Å². The maximum Gasteiger partial charge on any atom is 0.124 e. The first-order valence-corrected chi connectivity index (χ1v) is 10.2. The van der Waals surface area contributed by atoms with Crippen molar-refractivity contribution in [3.8, 4) is 0 Å². The highest BCUT2D eigenvalue weighted by atomic mass is 35.5. The molecule has 2 aromatic carbocycles. The summed E-state index contributed by atoms with van der Waals surface area (Å²) in [6.07, 6.45) is 0.877. The Kier molecular flexibility index (Phi) is 5.53. The SMILES string of the molecule is OCCN1CCN(C2Cc3cc(Cl)ccc3Sc3cc(F)ccc32)CC1. The number of nitrogens with zero attached hydrogens (tertiary/aromatic N) is 2. The molecule has 1 N–H and O–H groups in total. The van der Waals surface area contributed by atoms with Crippen LogP contribution in [0.3, 0.4) is 0 Å². The van der Waals surface area contributed by atoms with Gasteiger partial charge in [0.25, 0.3) is 0 Å². The van der Waals surface area contributed by atoms with Crippen LogP contribution < -0.4 is 0 Å². The van der Waals surface area contributed by atoms with Crippen LogP contribution in [0.25, 0.3) is 0 Å². The first kappa shape index (κ1) is 18.3. The van der Waals surface area contributed by atoms with Gasteiger partial charge in [-0.25, -0.2) is 4.39 Å². The van der Waals surface area contributed by atoms with Crippen LogP contribution in [0.15, 0.2) is 46.2 Å². The Labute approximate surface area is 162 Å². The Morgan fingerprint density at radius 1 is 1.08 bits per heavy atom. The van der Waals surface area contributed by atoms with Crippen molar-refractivity contribution in [3.63, 3.8) is 0 Å². The van der Waals surface area contributed by atoms with Gasteiger partial charge in [0.05, 0.1) is 6.61 Å². The molecule has 2 aliphatic rings. The van der Waals surface area contributed by atoms with E-state index in [1.54, 1.807) is 23.9 Å². The Morgan fingerprint density at radius 3 is 2.65 bits per heavy atom. The Hall–Kier alpha value is -1.11. The van der Waals surface area contributed by atoms with E-state index >= 15 is 0 Å². The molecule has 3 nitrogen and oxygen atoms in total. The summed E-state index contributed by atoms with van der Waals surface area (Å²) in [5.41, 5.74) is 2.42. The summed E-state index contributed by atoms with van der Waals surface area (Å²) in [4.78, 5) is 6.93. The molecule has 1 fully saturated rings. The lowest BCUT2D eigenvalue weighted by Crippen LogP contribution is -2.48. The summed E-state index contributed by atoms with van der Waals surface area (Å²) in [6.45, 7) is 4.72. The lowest BCUT2D eigenvalue weighted by atomic mass is 9.96. The van der Waals surface area contributed by atoms with E-state index in [2.05, 4.69) is 9.80 Å². The molecule has 2 aromatic rings. The van der Waals surface area contributed by atoms with Crippen LogP contribution in [0.2, 0.25) is 5.02 Å². The monoisotopic (exact) mass is 392 g/mol. The predicted molar refractivity (Wildman–Crippen MR) is 104 cm³/mol. The topological polar surface area (TPSA) is 26.7 Å². The largest absolute Gasteiger partial charge is 0.395 e. The van der Waals surface area contributed by atoms with E-state index in [-0.39, 0.29) is 18.5 Å². The average molecular weight is 393 g/mol. The van der Waals surface area contributed by atoms with Crippen molar-refractivity contribution >= 4 is 23.4 Å². The standard InChI is InChI=1S/C20H22ClFN2OS/c21-15-1-4-19-14(11-15)12-18(17-3-2-16(22)13-20(17)26-19)24-7-5-23(6-8-24)9-10-25/h1-4,11,13,18,25H,5-10,12H2. The molecule has 6 heteroatoms. The van der Waals surface area contributed by atoms with Crippen LogP contribution in [0, 0.1) is 5.82 Å². The van der Waals surface area contributed by atoms with Gasteiger partial charge in [-0.15, -0.1) is 0 Å². The summed E-state index contributed by atoms with van der Waals surface area (Å²) in [7, 11) is 0. The van der Waals surface area contributed by atoms with Crippen LogP contribution >= 0.6 is 23.4 Å².